The Labute approximate surface area is 184 Å². The zero-order valence-corrected chi connectivity index (χ0v) is 18.0. The van der Waals surface area contributed by atoms with Gasteiger partial charge in [-0.05, 0) is 41.5 Å². The van der Waals surface area contributed by atoms with E-state index in [2.05, 4.69) is 21.2 Å². The van der Waals surface area contributed by atoms with Crippen molar-refractivity contribution in [2.75, 3.05) is 18.5 Å². The normalized spacial score (nSPS) is 10.5. The van der Waals surface area contributed by atoms with E-state index in [9.17, 15) is 14.7 Å². The molecule has 30 heavy (non-hydrogen) atoms. The average Bonchev–Trinajstić information content (AvgIpc) is 2.75. The van der Waals surface area contributed by atoms with Crippen molar-refractivity contribution in [1.82, 2.24) is 4.90 Å². The molecule has 0 spiro atoms. The Hall–Kier alpha value is -2.96. The summed E-state index contributed by atoms with van der Waals surface area (Å²) in [5, 5.41) is 12.2. The number of aliphatic hydroxyl groups is 1. The first-order valence-corrected chi connectivity index (χ1v) is 10.4. The number of rotatable bonds is 8. The molecule has 0 bridgehead atoms. The van der Waals surface area contributed by atoms with Crippen LogP contribution in [0.5, 0.6) is 0 Å². The van der Waals surface area contributed by atoms with Gasteiger partial charge in [0.15, 0.2) is 0 Å². The summed E-state index contributed by atoms with van der Waals surface area (Å²) in [5.41, 5.74) is 3.08. The van der Waals surface area contributed by atoms with Crippen LogP contribution in [0.25, 0.3) is 0 Å². The molecular weight excluding hydrogens is 444 g/mol. The van der Waals surface area contributed by atoms with Crippen LogP contribution in [0.2, 0.25) is 0 Å². The lowest BCUT2D eigenvalue weighted by molar-refractivity contribution is -0.131. The molecule has 154 valence electrons. The Morgan fingerprint density at radius 2 is 1.63 bits per heavy atom. The van der Waals surface area contributed by atoms with E-state index in [4.69, 9.17) is 0 Å². The summed E-state index contributed by atoms with van der Waals surface area (Å²) in [6.07, 6.45) is 0.229. The Kier molecular flexibility index (Phi) is 7.76. The molecule has 0 aliphatic carbocycles. The summed E-state index contributed by atoms with van der Waals surface area (Å²) in [4.78, 5) is 26.7. The van der Waals surface area contributed by atoms with Gasteiger partial charge in [0, 0.05) is 28.8 Å². The standard InChI is InChI=1S/C24H23BrN2O3/c25-21-8-4-7-20(16-21)24(30)26-22-11-9-18(10-12-22)15-23(29)27(13-14-28)17-19-5-2-1-3-6-19/h1-12,16,28H,13-15,17H2,(H,26,30). The van der Waals surface area contributed by atoms with Crippen LogP contribution < -0.4 is 5.32 Å². The molecule has 0 atom stereocenters. The van der Waals surface area contributed by atoms with Crippen LogP contribution in [-0.4, -0.2) is 35.0 Å². The first-order chi connectivity index (χ1) is 14.5. The highest BCUT2D eigenvalue weighted by atomic mass is 79.9. The van der Waals surface area contributed by atoms with Crippen molar-refractivity contribution in [3.05, 3.63) is 100 Å². The lowest BCUT2D eigenvalue weighted by atomic mass is 10.1. The molecule has 3 aromatic rings. The number of anilines is 1. The van der Waals surface area contributed by atoms with Crippen LogP contribution in [0.4, 0.5) is 5.69 Å². The summed E-state index contributed by atoms with van der Waals surface area (Å²) in [7, 11) is 0. The summed E-state index contributed by atoms with van der Waals surface area (Å²) >= 11 is 3.36. The monoisotopic (exact) mass is 466 g/mol. The number of amides is 2. The van der Waals surface area contributed by atoms with Crippen molar-refractivity contribution < 1.29 is 14.7 Å². The molecule has 0 heterocycles. The van der Waals surface area contributed by atoms with Gasteiger partial charge in [0.1, 0.15) is 0 Å². The first-order valence-electron chi connectivity index (χ1n) is 9.63. The van der Waals surface area contributed by atoms with E-state index in [0.717, 1.165) is 15.6 Å². The van der Waals surface area contributed by atoms with Gasteiger partial charge in [0.05, 0.1) is 13.0 Å². The number of hydrogen-bond acceptors (Lipinski definition) is 3. The Morgan fingerprint density at radius 1 is 0.900 bits per heavy atom. The van der Waals surface area contributed by atoms with Crippen molar-refractivity contribution in [2.24, 2.45) is 0 Å². The molecule has 0 aliphatic heterocycles. The topological polar surface area (TPSA) is 69.6 Å². The Bertz CT molecular complexity index is 991. The smallest absolute Gasteiger partial charge is 0.255 e. The fourth-order valence-corrected chi connectivity index (χ4v) is 3.44. The van der Waals surface area contributed by atoms with Gasteiger partial charge in [-0.2, -0.15) is 0 Å². The molecule has 2 N–H and O–H groups in total. The number of halogens is 1. The van der Waals surface area contributed by atoms with Gasteiger partial charge in [-0.3, -0.25) is 9.59 Å². The number of benzene rings is 3. The highest BCUT2D eigenvalue weighted by Gasteiger charge is 2.14. The minimum atomic E-state index is -0.197. The average molecular weight is 467 g/mol. The summed E-state index contributed by atoms with van der Waals surface area (Å²) in [6, 6.07) is 24.1. The molecule has 0 aliphatic rings. The third-order valence-electron chi connectivity index (χ3n) is 4.59. The Morgan fingerprint density at radius 3 is 2.30 bits per heavy atom. The third kappa shape index (κ3) is 6.27. The minimum absolute atomic E-state index is 0.0566. The second-order valence-electron chi connectivity index (χ2n) is 6.86. The second-order valence-corrected chi connectivity index (χ2v) is 7.78. The van der Waals surface area contributed by atoms with Crippen molar-refractivity contribution in [3.63, 3.8) is 0 Å². The van der Waals surface area contributed by atoms with Crippen molar-refractivity contribution in [2.45, 2.75) is 13.0 Å². The van der Waals surface area contributed by atoms with E-state index in [-0.39, 0.29) is 31.4 Å². The highest BCUT2D eigenvalue weighted by Crippen LogP contribution is 2.16. The van der Waals surface area contributed by atoms with Crippen LogP contribution in [0.1, 0.15) is 21.5 Å². The molecule has 2 amide bonds. The molecule has 5 nitrogen and oxygen atoms in total. The molecule has 0 radical (unpaired) electrons. The number of nitrogens with one attached hydrogen (secondary N) is 1. The maximum Gasteiger partial charge on any atom is 0.255 e. The lowest BCUT2D eigenvalue weighted by Gasteiger charge is -2.22. The van der Waals surface area contributed by atoms with E-state index in [0.29, 0.717) is 17.8 Å². The molecule has 3 aromatic carbocycles. The van der Waals surface area contributed by atoms with E-state index in [1.807, 2.05) is 48.5 Å². The first kappa shape index (κ1) is 21.7. The number of nitrogens with zero attached hydrogens (tertiary/aromatic N) is 1. The predicted octanol–water partition coefficient (Wildman–Crippen LogP) is 4.27. The second kappa shape index (κ2) is 10.7. The predicted molar refractivity (Wildman–Crippen MR) is 121 cm³/mol. The van der Waals surface area contributed by atoms with Crippen molar-refractivity contribution in [1.29, 1.82) is 0 Å². The zero-order chi connectivity index (χ0) is 21.3. The van der Waals surface area contributed by atoms with E-state index < -0.39 is 0 Å². The van der Waals surface area contributed by atoms with Gasteiger partial charge in [-0.1, -0.05) is 64.5 Å². The Balaban J connectivity index is 1.61. The number of carbonyl (C=O) groups is 2. The molecule has 0 saturated heterocycles. The fourth-order valence-electron chi connectivity index (χ4n) is 3.04. The van der Waals surface area contributed by atoms with Crippen LogP contribution in [-0.2, 0) is 17.8 Å². The molecule has 0 fully saturated rings. The quantitative estimate of drug-likeness (QED) is 0.520. The summed E-state index contributed by atoms with van der Waals surface area (Å²) < 4.78 is 0.840. The van der Waals surface area contributed by atoms with Crippen LogP contribution >= 0.6 is 15.9 Å². The zero-order valence-electron chi connectivity index (χ0n) is 16.4. The maximum absolute atomic E-state index is 12.7. The SMILES string of the molecule is O=C(Nc1ccc(CC(=O)N(CCO)Cc2ccccc2)cc1)c1cccc(Br)c1. The molecule has 0 aromatic heterocycles. The molecule has 0 unspecified atom stereocenters. The summed E-state index contributed by atoms with van der Waals surface area (Å²) in [5.74, 6) is -0.254. The fraction of sp³-hybridized carbons (Fsp3) is 0.167. The van der Waals surface area contributed by atoms with E-state index in [1.165, 1.54) is 0 Å². The maximum atomic E-state index is 12.7. The van der Waals surface area contributed by atoms with Gasteiger partial charge in [0.25, 0.3) is 5.91 Å². The molecule has 0 saturated carbocycles. The van der Waals surface area contributed by atoms with Crippen molar-refractivity contribution >= 4 is 33.4 Å². The van der Waals surface area contributed by atoms with Gasteiger partial charge in [0.2, 0.25) is 5.91 Å². The van der Waals surface area contributed by atoms with Crippen LogP contribution in [0, 0.1) is 0 Å². The van der Waals surface area contributed by atoms with Crippen LogP contribution in [0.3, 0.4) is 0 Å². The largest absolute Gasteiger partial charge is 0.395 e. The van der Waals surface area contributed by atoms with E-state index in [1.54, 1.807) is 35.2 Å². The van der Waals surface area contributed by atoms with Gasteiger partial charge in [-0.15, -0.1) is 0 Å². The van der Waals surface area contributed by atoms with Gasteiger partial charge < -0.3 is 15.3 Å². The molecule has 6 heteroatoms. The summed E-state index contributed by atoms with van der Waals surface area (Å²) in [6.45, 7) is 0.661. The minimum Gasteiger partial charge on any atom is -0.395 e. The molecule has 3 rings (SSSR count). The number of aliphatic hydroxyl groups excluding tert-OH is 1. The van der Waals surface area contributed by atoms with Crippen molar-refractivity contribution in [3.8, 4) is 0 Å². The number of carbonyl (C=O) groups excluding carboxylic acids is 2. The lowest BCUT2D eigenvalue weighted by Crippen LogP contribution is -2.34. The van der Waals surface area contributed by atoms with Gasteiger partial charge >= 0.3 is 0 Å². The molecular formula is C24H23BrN2O3. The van der Waals surface area contributed by atoms with Crippen LogP contribution in [0.15, 0.2) is 83.3 Å². The third-order valence-corrected chi connectivity index (χ3v) is 5.09. The number of hydrogen-bond donors (Lipinski definition) is 2. The highest BCUT2D eigenvalue weighted by molar-refractivity contribution is 9.10. The van der Waals surface area contributed by atoms with Gasteiger partial charge in [-0.25, -0.2) is 0 Å². The van der Waals surface area contributed by atoms with E-state index >= 15 is 0 Å².